The van der Waals surface area contributed by atoms with Crippen LogP contribution in [0.1, 0.15) is 16.7 Å². The molecule has 1 N–H and O–H groups in total. The summed E-state index contributed by atoms with van der Waals surface area (Å²) < 4.78 is 40.1. The number of hydrogen-bond acceptors (Lipinski definition) is 6. The minimum atomic E-state index is -4.02. The van der Waals surface area contributed by atoms with Crippen LogP contribution < -0.4 is 15.1 Å². The Bertz CT molecular complexity index is 1810. The number of benzene rings is 4. The molecule has 7 nitrogen and oxygen atoms in total. The van der Waals surface area contributed by atoms with Gasteiger partial charge in [-0.25, -0.2) is 18.0 Å². The first-order chi connectivity index (χ1) is 18.2. The first kappa shape index (κ1) is 25.4. The van der Waals surface area contributed by atoms with Gasteiger partial charge in [0.25, 0.3) is 0 Å². The van der Waals surface area contributed by atoms with Gasteiger partial charge in [-0.3, -0.25) is 0 Å². The van der Waals surface area contributed by atoms with E-state index in [1.54, 1.807) is 43.3 Å². The van der Waals surface area contributed by atoms with Crippen molar-refractivity contribution in [3.63, 3.8) is 0 Å². The molecule has 0 aliphatic heterocycles. The second-order valence-electron chi connectivity index (χ2n) is 9.10. The van der Waals surface area contributed by atoms with E-state index in [2.05, 4.69) is 4.72 Å². The van der Waals surface area contributed by atoms with Crippen LogP contribution in [0, 0.1) is 13.8 Å². The van der Waals surface area contributed by atoms with Gasteiger partial charge in [-0.2, -0.15) is 4.72 Å². The Morgan fingerprint density at radius 1 is 0.842 bits per heavy atom. The number of ether oxygens (including phenoxy) is 1. The molecule has 4 aromatic carbocycles. The van der Waals surface area contributed by atoms with Gasteiger partial charge in [0.1, 0.15) is 17.4 Å². The third-order valence-corrected chi connectivity index (χ3v) is 7.88. The van der Waals surface area contributed by atoms with Crippen molar-refractivity contribution >= 4 is 37.7 Å². The second-order valence-corrected chi connectivity index (χ2v) is 10.8. The molecule has 192 valence electrons. The van der Waals surface area contributed by atoms with Crippen LogP contribution in [-0.2, 0) is 21.2 Å². The molecule has 0 fully saturated rings. The molecular weight excluding hydrogens is 502 g/mol. The normalized spacial score (nSPS) is 12.5. The van der Waals surface area contributed by atoms with Gasteiger partial charge >= 0.3 is 11.6 Å². The minimum absolute atomic E-state index is 0.0458. The van der Waals surface area contributed by atoms with Gasteiger partial charge in [0.05, 0.1) is 10.3 Å². The van der Waals surface area contributed by atoms with E-state index in [-0.39, 0.29) is 17.1 Å². The zero-order valence-electron chi connectivity index (χ0n) is 20.8. The fraction of sp³-hybridized carbons (Fsp3) is 0.133. The van der Waals surface area contributed by atoms with Gasteiger partial charge in [-0.05, 0) is 61.5 Å². The molecule has 5 rings (SSSR count). The monoisotopic (exact) mass is 527 g/mol. The molecule has 38 heavy (non-hydrogen) atoms. The number of fused-ring (bicyclic) bond motifs is 3. The van der Waals surface area contributed by atoms with Crippen LogP contribution in [0.15, 0.2) is 105 Å². The van der Waals surface area contributed by atoms with Crippen LogP contribution >= 0.6 is 0 Å². The van der Waals surface area contributed by atoms with Gasteiger partial charge in [-0.15, -0.1) is 0 Å². The van der Waals surface area contributed by atoms with E-state index in [0.717, 1.165) is 16.5 Å². The summed E-state index contributed by atoms with van der Waals surface area (Å²) in [6.07, 6.45) is 0.0805. The molecule has 0 amide bonds. The van der Waals surface area contributed by atoms with E-state index in [1.165, 1.54) is 12.1 Å². The molecule has 8 heteroatoms. The lowest BCUT2D eigenvalue weighted by atomic mass is 10.0. The van der Waals surface area contributed by atoms with Gasteiger partial charge < -0.3 is 9.15 Å². The molecule has 0 saturated carbocycles. The molecule has 0 aliphatic rings. The molecule has 0 spiro atoms. The van der Waals surface area contributed by atoms with Crippen LogP contribution in [0.2, 0.25) is 0 Å². The smallest absolute Gasteiger partial charge is 0.344 e. The van der Waals surface area contributed by atoms with E-state index >= 15 is 0 Å². The van der Waals surface area contributed by atoms with Gasteiger partial charge in [-0.1, -0.05) is 66.2 Å². The highest BCUT2D eigenvalue weighted by atomic mass is 32.2. The number of sulfonamides is 1. The van der Waals surface area contributed by atoms with Crippen molar-refractivity contribution in [2.45, 2.75) is 31.2 Å². The lowest BCUT2D eigenvalue weighted by Gasteiger charge is -2.19. The van der Waals surface area contributed by atoms with Crippen molar-refractivity contribution in [1.29, 1.82) is 0 Å². The fourth-order valence-electron chi connectivity index (χ4n) is 4.35. The van der Waals surface area contributed by atoms with Crippen LogP contribution in [0.5, 0.6) is 5.75 Å². The molecule has 1 heterocycles. The van der Waals surface area contributed by atoms with Gasteiger partial charge in [0.15, 0.2) is 0 Å². The molecule has 0 bridgehead atoms. The quantitative estimate of drug-likeness (QED) is 0.137. The Morgan fingerprint density at radius 2 is 1.50 bits per heavy atom. The number of nitrogens with one attached hydrogen (secondary N) is 1. The summed E-state index contributed by atoms with van der Waals surface area (Å²) in [4.78, 5) is 26.0. The molecule has 0 saturated heterocycles. The summed E-state index contributed by atoms with van der Waals surface area (Å²) in [5, 5.41) is 1.89. The fourth-order valence-corrected chi connectivity index (χ4v) is 5.53. The SMILES string of the molecule is Cc1ccc(S(=O)(=O)N[C@H](Cc2ccccc2)C(=O)Oc2ccc3c(oc(=O)c4ccccc43)c2C)cc1. The van der Waals surface area contributed by atoms with Gasteiger partial charge in [0.2, 0.25) is 10.0 Å². The topological polar surface area (TPSA) is 103 Å². The number of carbonyl (C=O) groups excluding carboxylic acids is 1. The molecule has 1 aromatic heterocycles. The zero-order chi connectivity index (χ0) is 26.9. The van der Waals surface area contributed by atoms with Crippen molar-refractivity contribution in [3.8, 4) is 5.75 Å². The maximum Gasteiger partial charge on any atom is 0.344 e. The third kappa shape index (κ3) is 5.09. The zero-order valence-corrected chi connectivity index (χ0v) is 21.6. The van der Waals surface area contributed by atoms with Crippen molar-refractivity contribution < 1.29 is 22.4 Å². The second kappa shape index (κ2) is 10.2. The number of rotatable bonds is 7. The summed E-state index contributed by atoms with van der Waals surface area (Å²) in [6, 6.07) is 24.7. The molecule has 5 aromatic rings. The number of esters is 1. The van der Waals surface area contributed by atoms with E-state index in [0.29, 0.717) is 21.9 Å². The number of hydrogen-bond donors (Lipinski definition) is 1. The van der Waals surface area contributed by atoms with Gasteiger partial charge in [0, 0.05) is 10.9 Å². The molecule has 1 atom stereocenters. The maximum atomic E-state index is 13.4. The maximum absolute atomic E-state index is 13.4. The highest BCUT2D eigenvalue weighted by Crippen LogP contribution is 2.31. The molecule has 0 radical (unpaired) electrons. The highest BCUT2D eigenvalue weighted by Gasteiger charge is 2.28. The third-order valence-electron chi connectivity index (χ3n) is 6.39. The first-order valence-corrected chi connectivity index (χ1v) is 13.5. The predicted molar refractivity (Wildman–Crippen MR) is 146 cm³/mol. The summed E-state index contributed by atoms with van der Waals surface area (Å²) in [5.41, 5.74) is 1.94. The standard InChI is InChI=1S/C30H25NO6S/c1-19-12-14-22(15-13-19)38(34,35)31-26(18-21-8-4-3-5-9-21)30(33)36-27-17-16-24-23-10-6-7-11-25(23)29(32)37-28(24)20(27)2/h3-17,26,31H,18H2,1-2H3/t26-/m1/s1. The highest BCUT2D eigenvalue weighted by molar-refractivity contribution is 7.89. The van der Waals surface area contributed by atoms with Crippen molar-refractivity contribution in [2.24, 2.45) is 0 Å². The van der Waals surface area contributed by atoms with Crippen LogP contribution in [0.3, 0.4) is 0 Å². The van der Waals surface area contributed by atoms with Crippen molar-refractivity contribution in [3.05, 3.63) is 118 Å². The van der Waals surface area contributed by atoms with Crippen LogP contribution in [-0.4, -0.2) is 20.4 Å². The summed E-state index contributed by atoms with van der Waals surface area (Å²) in [6.45, 7) is 3.54. The van der Waals surface area contributed by atoms with E-state index in [4.69, 9.17) is 9.15 Å². The Kier molecular flexibility index (Phi) is 6.84. The van der Waals surface area contributed by atoms with Crippen molar-refractivity contribution in [1.82, 2.24) is 4.72 Å². The molecule has 0 aliphatic carbocycles. The largest absolute Gasteiger partial charge is 0.425 e. The van der Waals surface area contributed by atoms with Crippen LogP contribution in [0.4, 0.5) is 0 Å². The first-order valence-electron chi connectivity index (χ1n) is 12.0. The summed E-state index contributed by atoms with van der Waals surface area (Å²) in [5.74, 6) is -0.608. The van der Waals surface area contributed by atoms with E-state index in [9.17, 15) is 18.0 Å². The Labute approximate surface area is 219 Å². The minimum Gasteiger partial charge on any atom is -0.425 e. The Hall–Kier alpha value is -4.27. The number of carbonyl (C=O) groups is 1. The number of aryl methyl sites for hydroxylation is 2. The lowest BCUT2D eigenvalue weighted by Crippen LogP contribution is -2.44. The Balaban J connectivity index is 1.49. The average Bonchev–Trinajstić information content (AvgIpc) is 2.91. The lowest BCUT2D eigenvalue weighted by molar-refractivity contribution is -0.136. The van der Waals surface area contributed by atoms with Crippen molar-refractivity contribution in [2.75, 3.05) is 0 Å². The van der Waals surface area contributed by atoms with E-state index in [1.807, 2.05) is 49.4 Å². The summed E-state index contributed by atoms with van der Waals surface area (Å²) in [7, 11) is -4.02. The average molecular weight is 528 g/mol. The summed E-state index contributed by atoms with van der Waals surface area (Å²) >= 11 is 0. The molecule has 0 unspecified atom stereocenters. The molecular formula is C30H25NO6S. The predicted octanol–water partition coefficient (Wildman–Crippen LogP) is 5.06. The van der Waals surface area contributed by atoms with E-state index < -0.39 is 27.7 Å². The Morgan fingerprint density at radius 3 is 2.21 bits per heavy atom. The van der Waals surface area contributed by atoms with Crippen LogP contribution in [0.25, 0.3) is 21.7 Å².